The second kappa shape index (κ2) is 35.6. The molecule has 0 fully saturated rings. The molecule has 0 unspecified atom stereocenters. The Kier molecular flexibility index (Phi) is 31.1. The Morgan fingerprint density at radius 2 is 0.795 bits per heavy atom. The molecule has 0 aliphatic heterocycles. The van der Waals surface area contributed by atoms with Crippen LogP contribution in [0.3, 0.4) is 0 Å². The third-order valence-electron chi connectivity index (χ3n) is 11.7. The van der Waals surface area contributed by atoms with Gasteiger partial charge in [0.2, 0.25) is 0 Å². The first-order valence-electron chi connectivity index (χ1n) is 26.7. The molecule has 0 atom stereocenters. The first-order valence-corrected chi connectivity index (χ1v) is 39.9. The molecule has 0 aliphatic rings. The van der Waals surface area contributed by atoms with E-state index in [1.165, 1.54) is 52.1 Å². The summed E-state index contributed by atoms with van der Waals surface area (Å²) in [7, 11) is 4.85. The van der Waals surface area contributed by atoms with Gasteiger partial charge in [0.25, 0.3) is 0 Å². The number of carbonyl (C=O) groups excluding carboxylic acids is 4. The van der Waals surface area contributed by atoms with E-state index in [1.807, 2.05) is 37.3 Å². The van der Waals surface area contributed by atoms with E-state index in [0.29, 0.717) is 70.8 Å². The summed E-state index contributed by atoms with van der Waals surface area (Å²) >= 11 is 0.166. The fraction of sp³-hybridized carbons (Fsp3) is 0.443. The Labute approximate surface area is 500 Å². The molecule has 0 saturated carbocycles. The Hall–Kier alpha value is -6.53. The van der Waals surface area contributed by atoms with Gasteiger partial charge in [0, 0.05) is 41.5 Å². The average Bonchev–Trinajstić information content (AvgIpc) is 3.62. The van der Waals surface area contributed by atoms with Crippen molar-refractivity contribution in [2.24, 2.45) is 0 Å². The van der Waals surface area contributed by atoms with Gasteiger partial charge in [0.1, 0.15) is 51.2 Å². The van der Waals surface area contributed by atoms with Gasteiger partial charge < -0.3 is 48.5 Å². The quantitative estimate of drug-likeness (QED) is 0.0213. The molecule has 0 aromatic heterocycles. The number of hydrogen-bond acceptors (Lipinski definition) is 18. The summed E-state index contributed by atoms with van der Waals surface area (Å²) < 4.78 is 58.8. The van der Waals surface area contributed by atoms with Gasteiger partial charge in [0.15, 0.2) is 6.79 Å². The summed E-state index contributed by atoms with van der Waals surface area (Å²) in [5.41, 5.74) is 3.87. The zero-order valence-electron chi connectivity index (χ0n) is 51.7. The number of ether oxygens (including phenoxy) is 11. The molecule has 5 aromatic rings. The second-order valence-electron chi connectivity index (χ2n) is 22.5. The molecule has 18 nitrogen and oxygen atoms in total. The van der Waals surface area contributed by atoms with Crippen LogP contribution < -0.4 is 28.1 Å². The third kappa shape index (κ3) is 26.7. The number of esters is 4. The van der Waals surface area contributed by atoms with E-state index in [1.54, 1.807) is 39.2 Å². The van der Waals surface area contributed by atoms with Gasteiger partial charge in [-0.3, -0.25) is 0 Å². The second-order valence-corrected chi connectivity index (χ2v) is 41.6. The molecule has 0 radical (unpaired) electrons. The van der Waals surface area contributed by atoms with Crippen LogP contribution in [0.1, 0.15) is 63.7 Å². The van der Waals surface area contributed by atoms with Crippen LogP contribution in [0.5, 0.6) is 46.0 Å². The van der Waals surface area contributed by atoms with Crippen LogP contribution in [0, 0.1) is 20.8 Å². The molecular weight excluding hydrogens is 1180 g/mol. The average molecular weight is 1270 g/mol. The predicted molar refractivity (Wildman–Crippen MR) is 332 cm³/mol. The predicted octanol–water partition coefficient (Wildman–Crippen LogP) is 11.6. The van der Waals surface area contributed by atoms with E-state index in [4.69, 9.17) is 47.7 Å². The molecule has 0 spiro atoms. The summed E-state index contributed by atoms with van der Waals surface area (Å²) in [5.74, 6) is 0.373. The van der Waals surface area contributed by atoms with E-state index in [-0.39, 0.29) is 56.9 Å². The summed E-state index contributed by atoms with van der Waals surface area (Å²) in [6, 6.07) is 26.4. The third-order valence-corrected chi connectivity index (χ3v) is 19.1. The van der Waals surface area contributed by atoms with Crippen molar-refractivity contribution in [3.05, 3.63) is 123 Å². The van der Waals surface area contributed by atoms with Crippen LogP contribution in [-0.2, 0) is 33.7 Å². The van der Waals surface area contributed by atoms with E-state index in [2.05, 4.69) is 80.5 Å². The molecule has 458 valence electrons. The first kappa shape index (κ1) is 72.6. The van der Waals surface area contributed by atoms with Crippen LogP contribution in [-0.4, -0.2) is 154 Å². The molecular formula is C61H88O18SeSi3. The van der Waals surface area contributed by atoms with E-state index in [9.17, 15) is 29.4 Å². The van der Waals surface area contributed by atoms with Gasteiger partial charge in [-0.2, -0.15) is 0 Å². The molecule has 0 amide bonds. The van der Waals surface area contributed by atoms with Gasteiger partial charge in [-0.1, -0.05) is 39.3 Å². The number of rotatable bonds is 25. The molecule has 3 N–H and O–H groups in total. The number of benzene rings is 5. The number of phenols is 3. The zero-order chi connectivity index (χ0) is 62.7. The monoisotopic (exact) mass is 1270 g/mol. The number of phenolic OH excluding ortho intramolecular Hbond substituents is 3. The fourth-order valence-electron chi connectivity index (χ4n) is 7.23. The van der Waals surface area contributed by atoms with E-state index in [0.717, 1.165) is 40.6 Å². The van der Waals surface area contributed by atoms with Crippen molar-refractivity contribution in [2.45, 2.75) is 103 Å². The molecule has 5 aromatic carbocycles. The molecule has 0 heterocycles. The van der Waals surface area contributed by atoms with Crippen molar-refractivity contribution < 1.29 is 86.6 Å². The topological polar surface area (TPSA) is 230 Å². The maximum atomic E-state index is 12.5. The number of aryl methyl sites for hydroxylation is 3. The number of methoxy groups -OCH3 is 6. The molecule has 22 heteroatoms. The Morgan fingerprint density at radius 1 is 0.434 bits per heavy atom. The van der Waals surface area contributed by atoms with Crippen LogP contribution in [0.15, 0.2) is 78.9 Å². The molecule has 5 rings (SSSR count). The zero-order valence-corrected chi connectivity index (χ0v) is 56.5. The summed E-state index contributed by atoms with van der Waals surface area (Å²) in [5, 5.41) is 29.0. The molecule has 0 saturated heterocycles. The Morgan fingerprint density at radius 3 is 1.19 bits per heavy atom. The van der Waals surface area contributed by atoms with Crippen molar-refractivity contribution in [2.75, 3.05) is 76.1 Å². The maximum absolute atomic E-state index is 12.5. The van der Waals surface area contributed by atoms with Gasteiger partial charge in [0.05, 0.1) is 34.5 Å². The first-order chi connectivity index (χ1) is 38.9. The van der Waals surface area contributed by atoms with Crippen molar-refractivity contribution >= 4 is 67.5 Å². The van der Waals surface area contributed by atoms with Crippen LogP contribution in [0.4, 0.5) is 0 Å². The van der Waals surface area contributed by atoms with Crippen molar-refractivity contribution in [3.8, 4) is 46.0 Å². The van der Waals surface area contributed by atoms with Gasteiger partial charge in [-0.05, 0) is 67.7 Å². The molecule has 83 heavy (non-hydrogen) atoms. The number of hydrogen-bond donors (Lipinski definition) is 3. The number of carbonyl (C=O) groups is 4. The van der Waals surface area contributed by atoms with Gasteiger partial charge in [-0.15, -0.1) is 0 Å². The van der Waals surface area contributed by atoms with Crippen molar-refractivity contribution in [1.82, 2.24) is 0 Å². The fourth-order valence-corrected chi connectivity index (χ4v) is 11.3. The molecule has 0 bridgehead atoms. The van der Waals surface area contributed by atoms with E-state index < -0.39 is 48.1 Å². The van der Waals surface area contributed by atoms with E-state index >= 15 is 0 Å². The SMILES string of the molecule is COC(=O)c1c(C)cc(O)cc1O.COC(=O)c1c(C)cc(OCC[Si](C)(C)C)cc1O.COCOc1cc(OCC[Si](C)(C)C)cc(C)c1C(=O)OC.COCOc1cc(OCC[Si](C)(C)C)cc(C[Se]c2ccccc2)c1C(=O)OC. The van der Waals surface area contributed by atoms with Gasteiger partial charge >= 0.3 is 199 Å². The Bertz CT molecular complexity index is 2820. The van der Waals surface area contributed by atoms with Crippen LogP contribution >= 0.6 is 0 Å². The molecule has 0 aliphatic carbocycles. The summed E-state index contributed by atoms with van der Waals surface area (Å²) in [4.78, 5) is 47.0. The van der Waals surface area contributed by atoms with Crippen LogP contribution in [0.2, 0.25) is 77.1 Å². The summed E-state index contributed by atoms with van der Waals surface area (Å²) in [6.07, 6.45) is 0. The van der Waals surface area contributed by atoms with Crippen molar-refractivity contribution in [1.29, 1.82) is 0 Å². The Balaban J connectivity index is 0.000000392. The summed E-state index contributed by atoms with van der Waals surface area (Å²) in [6.45, 7) is 27.9. The normalized spacial score (nSPS) is 11.0. The minimum atomic E-state index is -1.20. The van der Waals surface area contributed by atoms with Gasteiger partial charge in [-0.25, -0.2) is 14.4 Å². The van der Waals surface area contributed by atoms with Crippen molar-refractivity contribution in [3.63, 3.8) is 0 Å². The standard InChI is InChI=1S/C22H30O5SeSi.C16H26O5Si.C14H22O4Si.C9H10O4/c1-24-16-27-20-14-18(26-11-12-29(3,4)5)13-17(21(20)22(23)25-2)15-28-19-9-7-6-8-10-19;1-12-9-13(20-7-8-22(4,5)6)10-14(21-11-18-2)15(12)16(17)19-3;1-10-8-11(18-6-7-19(3,4)5)9-12(15)13(10)14(16)17-2;1-5-3-6(10)4-7(11)8(5)9(12)13-2/h6-10,13-14H,11-12,15-16H2,1-5H3;9-10H,7-8,11H2,1-6H3;8-9,15H,6-7H2,1-5H3;3-4,10-11H,1-2H3. The number of aromatic hydroxyl groups is 3. The minimum absolute atomic E-state index is 0.0472. The van der Waals surface area contributed by atoms with Crippen LogP contribution in [0.25, 0.3) is 0 Å².